The predicted molar refractivity (Wildman–Crippen MR) is 68.2 cm³/mol. The smallest absolute Gasteiger partial charge is 0.264 e. The number of rotatable bonds is 2. The van der Waals surface area contributed by atoms with Crippen molar-refractivity contribution in [2.45, 2.75) is 54.9 Å². The highest BCUT2D eigenvalue weighted by molar-refractivity contribution is 5.95. The highest BCUT2D eigenvalue weighted by Crippen LogP contribution is 2.26. The number of carbonyl (C=O) groups is 1. The lowest BCUT2D eigenvalue weighted by molar-refractivity contribution is 0.0818. The fourth-order valence-corrected chi connectivity index (χ4v) is 1.49. The maximum absolute atomic E-state index is 12.0. The van der Waals surface area contributed by atoms with Gasteiger partial charge < -0.3 is 4.42 Å². The highest BCUT2D eigenvalue weighted by Gasteiger charge is 2.29. The van der Waals surface area contributed by atoms with Gasteiger partial charge in [0.1, 0.15) is 5.76 Å². The van der Waals surface area contributed by atoms with Crippen molar-refractivity contribution in [2.24, 2.45) is 10.8 Å². The summed E-state index contributed by atoms with van der Waals surface area (Å²) in [5, 5.41) is 0. The Kier molecular flexibility index (Phi) is 3.51. The lowest BCUT2D eigenvalue weighted by Crippen LogP contribution is -2.20. The van der Waals surface area contributed by atoms with Crippen LogP contribution >= 0.6 is 0 Å². The van der Waals surface area contributed by atoms with Gasteiger partial charge in [0.25, 0.3) is 5.89 Å². The second kappa shape index (κ2) is 4.28. The Morgan fingerprint density at radius 1 is 1.18 bits per heavy atom. The summed E-state index contributed by atoms with van der Waals surface area (Å²) in [6.45, 7) is 13.9. The molecule has 0 radical (unpaired) electrons. The standard InChI is InChI=1S/C14H23NO2/c1-9-10(8-13(2,3)4)17-12(15-9)11(16)14(5,6)7/h8H2,1-7H3. The Bertz CT molecular complexity index is 416. The van der Waals surface area contributed by atoms with Crippen LogP contribution < -0.4 is 0 Å². The second-order valence-corrected chi connectivity index (χ2v) is 6.84. The molecule has 0 aliphatic heterocycles. The molecule has 0 N–H and O–H groups in total. The molecule has 0 saturated heterocycles. The van der Waals surface area contributed by atoms with E-state index in [2.05, 4.69) is 25.8 Å². The monoisotopic (exact) mass is 237 g/mol. The van der Waals surface area contributed by atoms with E-state index in [1.807, 2.05) is 27.7 Å². The third-order valence-corrected chi connectivity index (χ3v) is 2.46. The van der Waals surface area contributed by atoms with Crippen molar-refractivity contribution in [2.75, 3.05) is 0 Å². The Hall–Kier alpha value is -1.12. The molecule has 0 atom stereocenters. The van der Waals surface area contributed by atoms with Crippen molar-refractivity contribution < 1.29 is 9.21 Å². The van der Waals surface area contributed by atoms with Crippen LogP contribution in [0.4, 0.5) is 0 Å². The summed E-state index contributed by atoms with van der Waals surface area (Å²) in [5.74, 6) is 1.03. The molecule has 3 nitrogen and oxygen atoms in total. The SMILES string of the molecule is Cc1nc(C(=O)C(C)(C)C)oc1CC(C)(C)C. The Labute approximate surface area is 104 Å². The molecule has 0 spiro atoms. The molecule has 96 valence electrons. The zero-order valence-corrected chi connectivity index (χ0v) is 12.0. The second-order valence-electron chi connectivity index (χ2n) is 6.84. The third-order valence-electron chi connectivity index (χ3n) is 2.46. The van der Waals surface area contributed by atoms with Crippen LogP contribution in [0.3, 0.4) is 0 Å². The number of nitrogens with zero attached hydrogens (tertiary/aromatic N) is 1. The van der Waals surface area contributed by atoms with Gasteiger partial charge >= 0.3 is 0 Å². The largest absolute Gasteiger partial charge is 0.439 e. The molecule has 0 aromatic carbocycles. The Balaban J connectivity index is 3.01. The van der Waals surface area contributed by atoms with Gasteiger partial charge in [-0.15, -0.1) is 0 Å². The van der Waals surface area contributed by atoms with Gasteiger partial charge in [0.15, 0.2) is 0 Å². The first-order valence-corrected chi connectivity index (χ1v) is 6.02. The van der Waals surface area contributed by atoms with Gasteiger partial charge in [0, 0.05) is 11.8 Å². The number of carbonyl (C=O) groups excluding carboxylic acids is 1. The molecule has 0 fully saturated rings. The van der Waals surface area contributed by atoms with Crippen molar-refractivity contribution in [1.29, 1.82) is 0 Å². The van der Waals surface area contributed by atoms with Crippen LogP contribution in [0.25, 0.3) is 0 Å². The van der Waals surface area contributed by atoms with E-state index in [-0.39, 0.29) is 17.1 Å². The third kappa shape index (κ3) is 3.69. The molecule has 0 bridgehead atoms. The number of ketones is 1. The predicted octanol–water partition coefficient (Wildman–Crippen LogP) is 3.80. The van der Waals surface area contributed by atoms with Gasteiger partial charge in [-0.05, 0) is 12.3 Å². The normalized spacial score (nSPS) is 12.9. The van der Waals surface area contributed by atoms with E-state index in [9.17, 15) is 4.79 Å². The quantitative estimate of drug-likeness (QED) is 0.735. The number of aromatic nitrogens is 1. The zero-order valence-electron chi connectivity index (χ0n) is 12.0. The fraction of sp³-hybridized carbons (Fsp3) is 0.714. The number of hydrogen-bond acceptors (Lipinski definition) is 3. The van der Waals surface area contributed by atoms with Gasteiger partial charge in [0.2, 0.25) is 5.78 Å². The fourth-order valence-electron chi connectivity index (χ4n) is 1.49. The van der Waals surface area contributed by atoms with Gasteiger partial charge in [-0.3, -0.25) is 4.79 Å². The first-order valence-electron chi connectivity index (χ1n) is 6.02. The minimum absolute atomic E-state index is 0.0410. The maximum atomic E-state index is 12.0. The zero-order chi connectivity index (χ0) is 13.4. The highest BCUT2D eigenvalue weighted by atomic mass is 16.4. The summed E-state index contributed by atoms with van der Waals surface area (Å²) in [6, 6.07) is 0. The van der Waals surface area contributed by atoms with E-state index in [0.717, 1.165) is 17.9 Å². The van der Waals surface area contributed by atoms with Crippen LogP contribution in [-0.2, 0) is 6.42 Å². The van der Waals surface area contributed by atoms with Crippen LogP contribution in [0.1, 0.15) is 63.7 Å². The summed E-state index contributed by atoms with van der Waals surface area (Å²) in [5.41, 5.74) is 0.510. The first kappa shape index (κ1) is 13.9. The Morgan fingerprint density at radius 2 is 1.71 bits per heavy atom. The van der Waals surface area contributed by atoms with Crippen LogP contribution in [0.2, 0.25) is 0 Å². The lowest BCUT2D eigenvalue weighted by atomic mass is 9.90. The van der Waals surface area contributed by atoms with E-state index in [0.29, 0.717) is 0 Å². The van der Waals surface area contributed by atoms with Crippen molar-refractivity contribution in [3.8, 4) is 0 Å². The minimum Gasteiger partial charge on any atom is -0.439 e. The van der Waals surface area contributed by atoms with Gasteiger partial charge in [0.05, 0.1) is 5.69 Å². The molecule has 3 heteroatoms. The number of hydrogen-bond donors (Lipinski definition) is 0. The Morgan fingerprint density at radius 3 is 2.12 bits per heavy atom. The molecule has 1 aromatic rings. The lowest BCUT2D eigenvalue weighted by Gasteiger charge is -2.16. The average Bonchev–Trinajstić information content (AvgIpc) is 2.42. The molecule has 17 heavy (non-hydrogen) atoms. The van der Waals surface area contributed by atoms with Gasteiger partial charge in [-0.2, -0.15) is 0 Å². The summed E-state index contributed by atoms with van der Waals surface area (Å²) in [7, 11) is 0. The summed E-state index contributed by atoms with van der Waals surface area (Å²) < 4.78 is 5.62. The van der Waals surface area contributed by atoms with Crippen molar-refractivity contribution >= 4 is 5.78 Å². The molecule has 1 rings (SSSR count). The summed E-state index contributed by atoms with van der Waals surface area (Å²) in [6.07, 6.45) is 0.795. The van der Waals surface area contributed by atoms with E-state index < -0.39 is 5.41 Å². The molecule has 1 heterocycles. The summed E-state index contributed by atoms with van der Waals surface area (Å²) >= 11 is 0. The van der Waals surface area contributed by atoms with Crippen LogP contribution in [0.15, 0.2) is 4.42 Å². The minimum atomic E-state index is -0.448. The summed E-state index contributed by atoms with van der Waals surface area (Å²) in [4.78, 5) is 16.3. The van der Waals surface area contributed by atoms with Crippen LogP contribution in [0, 0.1) is 17.8 Å². The van der Waals surface area contributed by atoms with Crippen molar-refractivity contribution in [1.82, 2.24) is 4.98 Å². The van der Waals surface area contributed by atoms with Crippen LogP contribution in [-0.4, -0.2) is 10.8 Å². The van der Waals surface area contributed by atoms with E-state index in [1.54, 1.807) is 0 Å². The number of aryl methyl sites for hydroxylation is 1. The molecular formula is C14H23NO2. The van der Waals surface area contributed by atoms with Crippen molar-refractivity contribution in [3.05, 3.63) is 17.3 Å². The van der Waals surface area contributed by atoms with Crippen molar-refractivity contribution in [3.63, 3.8) is 0 Å². The van der Waals surface area contributed by atoms with E-state index in [4.69, 9.17) is 4.42 Å². The first-order chi connectivity index (χ1) is 7.50. The molecule has 0 unspecified atom stereocenters. The molecule has 0 aliphatic carbocycles. The molecule has 0 amide bonds. The molecule has 1 aromatic heterocycles. The topological polar surface area (TPSA) is 43.1 Å². The van der Waals surface area contributed by atoms with Gasteiger partial charge in [-0.25, -0.2) is 4.98 Å². The maximum Gasteiger partial charge on any atom is 0.264 e. The molecule has 0 aliphatic rings. The molecular weight excluding hydrogens is 214 g/mol. The average molecular weight is 237 g/mol. The number of oxazole rings is 1. The van der Waals surface area contributed by atoms with Crippen LogP contribution in [0.5, 0.6) is 0 Å². The van der Waals surface area contributed by atoms with E-state index in [1.165, 1.54) is 0 Å². The van der Waals surface area contributed by atoms with Gasteiger partial charge in [-0.1, -0.05) is 41.5 Å². The molecule has 0 saturated carbocycles. The number of Topliss-reactive ketones (excluding diaryl/α,β-unsaturated/α-hetero) is 1. The van der Waals surface area contributed by atoms with E-state index >= 15 is 0 Å².